The van der Waals surface area contributed by atoms with Crippen molar-refractivity contribution in [2.75, 3.05) is 5.75 Å². The van der Waals surface area contributed by atoms with E-state index in [1.807, 2.05) is 42.1 Å². The van der Waals surface area contributed by atoms with E-state index < -0.39 is 6.10 Å². The van der Waals surface area contributed by atoms with E-state index in [4.69, 9.17) is 0 Å². The number of aromatic nitrogens is 1. The van der Waals surface area contributed by atoms with Gasteiger partial charge < -0.3 is 5.11 Å². The summed E-state index contributed by atoms with van der Waals surface area (Å²) in [7, 11) is 0. The first-order valence-electron chi connectivity index (χ1n) is 7.48. The second-order valence-electron chi connectivity index (χ2n) is 5.53. The van der Waals surface area contributed by atoms with E-state index in [1.54, 1.807) is 6.20 Å². The van der Waals surface area contributed by atoms with Gasteiger partial charge in [-0.1, -0.05) is 37.5 Å². The van der Waals surface area contributed by atoms with Crippen molar-refractivity contribution in [2.45, 2.75) is 43.5 Å². The molecule has 106 valence electrons. The molecule has 1 aromatic carbocycles. The molecule has 2 nitrogen and oxygen atoms in total. The van der Waals surface area contributed by atoms with Crippen molar-refractivity contribution in [3.05, 3.63) is 42.1 Å². The van der Waals surface area contributed by atoms with Crippen LogP contribution in [0, 0.1) is 0 Å². The molecule has 20 heavy (non-hydrogen) atoms. The van der Waals surface area contributed by atoms with Crippen LogP contribution >= 0.6 is 11.8 Å². The molecular weight excluding hydrogens is 266 g/mol. The Kier molecular flexibility index (Phi) is 4.58. The minimum atomic E-state index is -0.394. The highest BCUT2D eigenvalue weighted by Crippen LogP contribution is 2.32. The van der Waals surface area contributed by atoms with Crippen LogP contribution in [0.5, 0.6) is 0 Å². The SMILES string of the molecule is OC(CSC1CCCCC1)c1cccc2ncccc12. The summed E-state index contributed by atoms with van der Waals surface area (Å²) in [6, 6.07) is 9.99. The van der Waals surface area contributed by atoms with E-state index in [9.17, 15) is 5.11 Å². The highest BCUT2D eigenvalue weighted by Gasteiger charge is 2.17. The number of nitrogens with zero attached hydrogens (tertiary/aromatic N) is 1. The number of thioether (sulfide) groups is 1. The molecular formula is C17H21NOS. The number of rotatable bonds is 4. The van der Waals surface area contributed by atoms with Gasteiger partial charge in [-0.15, -0.1) is 0 Å². The molecule has 1 unspecified atom stereocenters. The summed E-state index contributed by atoms with van der Waals surface area (Å²) in [4.78, 5) is 4.36. The van der Waals surface area contributed by atoms with Crippen LogP contribution in [-0.4, -0.2) is 21.1 Å². The molecule has 1 saturated carbocycles. The third kappa shape index (κ3) is 3.15. The Morgan fingerprint density at radius 2 is 2.00 bits per heavy atom. The predicted molar refractivity (Wildman–Crippen MR) is 86.0 cm³/mol. The van der Waals surface area contributed by atoms with Gasteiger partial charge >= 0.3 is 0 Å². The van der Waals surface area contributed by atoms with Crippen LogP contribution in [-0.2, 0) is 0 Å². The Bertz CT molecular complexity index is 560. The Morgan fingerprint density at radius 3 is 2.85 bits per heavy atom. The van der Waals surface area contributed by atoms with Crippen LogP contribution in [0.4, 0.5) is 0 Å². The van der Waals surface area contributed by atoms with Crippen molar-refractivity contribution in [1.82, 2.24) is 4.98 Å². The zero-order valence-electron chi connectivity index (χ0n) is 11.7. The van der Waals surface area contributed by atoms with Gasteiger partial charge in [0.1, 0.15) is 0 Å². The molecule has 1 aromatic heterocycles. The summed E-state index contributed by atoms with van der Waals surface area (Å²) >= 11 is 1.94. The van der Waals surface area contributed by atoms with Gasteiger partial charge in [0.25, 0.3) is 0 Å². The minimum Gasteiger partial charge on any atom is -0.388 e. The Morgan fingerprint density at radius 1 is 1.15 bits per heavy atom. The molecule has 3 heteroatoms. The number of benzene rings is 1. The maximum atomic E-state index is 10.5. The Hall–Kier alpha value is -1.06. The zero-order chi connectivity index (χ0) is 13.8. The summed E-state index contributed by atoms with van der Waals surface area (Å²) in [5.41, 5.74) is 1.98. The summed E-state index contributed by atoms with van der Waals surface area (Å²) in [6.45, 7) is 0. The molecule has 1 aliphatic rings. The number of fused-ring (bicyclic) bond motifs is 1. The molecule has 1 N–H and O–H groups in total. The summed E-state index contributed by atoms with van der Waals surface area (Å²) in [5.74, 6) is 0.790. The first kappa shape index (κ1) is 13.9. The van der Waals surface area contributed by atoms with Crippen LogP contribution in [0.15, 0.2) is 36.5 Å². The monoisotopic (exact) mass is 287 g/mol. The average Bonchev–Trinajstić information content (AvgIpc) is 2.53. The largest absolute Gasteiger partial charge is 0.388 e. The summed E-state index contributed by atoms with van der Waals surface area (Å²) < 4.78 is 0. The van der Waals surface area contributed by atoms with Gasteiger partial charge in [-0.2, -0.15) is 11.8 Å². The van der Waals surface area contributed by atoms with E-state index in [0.29, 0.717) is 0 Å². The number of hydrogen-bond acceptors (Lipinski definition) is 3. The molecule has 3 rings (SSSR count). The third-order valence-electron chi connectivity index (χ3n) is 4.08. The van der Waals surface area contributed by atoms with Crippen LogP contribution in [0.25, 0.3) is 10.9 Å². The van der Waals surface area contributed by atoms with Crippen molar-refractivity contribution >= 4 is 22.7 Å². The van der Waals surface area contributed by atoms with Crippen LogP contribution in [0.1, 0.15) is 43.8 Å². The summed E-state index contributed by atoms with van der Waals surface area (Å²) in [5, 5.41) is 12.3. The minimum absolute atomic E-state index is 0.394. The van der Waals surface area contributed by atoms with Crippen LogP contribution in [0.3, 0.4) is 0 Å². The fourth-order valence-corrected chi connectivity index (χ4v) is 4.27. The second-order valence-corrected chi connectivity index (χ2v) is 6.86. The molecule has 1 aliphatic carbocycles. The normalized spacial score (nSPS) is 18.2. The fraction of sp³-hybridized carbons (Fsp3) is 0.471. The first-order chi connectivity index (χ1) is 9.84. The molecule has 0 amide bonds. The molecule has 1 fully saturated rings. The van der Waals surface area contributed by atoms with Gasteiger partial charge in [0, 0.05) is 22.6 Å². The predicted octanol–water partition coefficient (Wildman–Crippen LogP) is 4.33. The quantitative estimate of drug-likeness (QED) is 0.908. The van der Waals surface area contributed by atoms with E-state index in [2.05, 4.69) is 4.98 Å². The average molecular weight is 287 g/mol. The highest BCUT2D eigenvalue weighted by molar-refractivity contribution is 7.99. The maximum Gasteiger partial charge on any atom is 0.0887 e. The lowest BCUT2D eigenvalue weighted by molar-refractivity contribution is 0.205. The fourth-order valence-electron chi connectivity index (χ4n) is 2.97. The van der Waals surface area contributed by atoms with Gasteiger partial charge in [0.15, 0.2) is 0 Å². The van der Waals surface area contributed by atoms with E-state index in [0.717, 1.165) is 27.5 Å². The van der Waals surface area contributed by atoms with Crippen LogP contribution in [0.2, 0.25) is 0 Å². The van der Waals surface area contributed by atoms with Gasteiger partial charge in [-0.05, 0) is 30.5 Å². The number of pyridine rings is 1. The molecule has 0 radical (unpaired) electrons. The smallest absolute Gasteiger partial charge is 0.0887 e. The topological polar surface area (TPSA) is 33.1 Å². The van der Waals surface area contributed by atoms with Crippen molar-refractivity contribution in [3.8, 4) is 0 Å². The van der Waals surface area contributed by atoms with Crippen molar-refractivity contribution < 1.29 is 5.11 Å². The van der Waals surface area contributed by atoms with Gasteiger partial charge in [-0.3, -0.25) is 4.98 Å². The molecule has 1 atom stereocenters. The Labute approximate surface area is 124 Å². The number of hydrogen-bond donors (Lipinski definition) is 1. The number of aliphatic hydroxyl groups is 1. The second kappa shape index (κ2) is 6.59. The van der Waals surface area contributed by atoms with E-state index in [1.165, 1.54) is 32.1 Å². The molecule has 0 bridgehead atoms. The van der Waals surface area contributed by atoms with E-state index in [-0.39, 0.29) is 0 Å². The standard InChI is InChI=1S/C17H21NOS/c19-17(12-20-13-6-2-1-3-7-13)15-8-4-10-16-14(15)9-5-11-18-16/h4-5,8-11,13,17,19H,1-3,6-7,12H2. The van der Waals surface area contributed by atoms with Crippen LogP contribution < -0.4 is 0 Å². The van der Waals surface area contributed by atoms with Crippen molar-refractivity contribution in [2.24, 2.45) is 0 Å². The van der Waals surface area contributed by atoms with Gasteiger partial charge in [0.2, 0.25) is 0 Å². The first-order valence-corrected chi connectivity index (χ1v) is 8.53. The van der Waals surface area contributed by atoms with E-state index >= 15 is 0 Å². The van der Waals surface area contributed by atoms with Gasteiger partial charge in [-0.25, -0.2) is 0 Å². The van der Waals surface area contributed by atoms with Crippen molar-refractivity contribution in [3.63, 3.8) is 0 Å². The molecule has 0 saturated heterocycles. The lowest BCUT2D eigenvalue weighted by Gasteiger charge is -2.22. The maximum absolute atomic E-state index is 10.5. The van der Waals surface area contributed by atoms with Crippen molar-refractivity contribution in [1.29, 1.82) is 0 Å². The summed E-state index contributed by atoms with van der Waals surface area (Å²) in [6.07, 6.45) is 8.12. The lowest BCUT2D eigenvalue weighted by atomic mass is 10.0. The third-order valence-corrected chi connectivity index (χ3v) is 5.53. The lowest BCUT2D eigenvalue weighted by Crippen LogP contribution is -2.11. The molecule has 0 aliphatic heterocycles. The van der Waals surface area contributed by atoms with Gasteiger partial charge in [0.05, 0.1) is 11.6 Å². The Balaban J connectivity index is 1.70. The highest BCUT2D eigenvalue weighted by atomic mass is 32.2. The number of aliphatic hydroxyl groups excluding tert-OH is 1. The molecule has 1 heterocycles. The molecule has 2 aromatic rings. The zero-order valence-corrected chi connectivity index (χ0v) is 12.5. The molecule has 0 spiro atoms.